The van der Waals surface area contributed by atoms with E-state index in [-0.39, 0.29) is 5.57 Å². The number of hydrogen-bond acceptors (Lipinski definition) is 1. The van der Waals surface area contributed by atoms with Crippen molar-refractivity contribution in [3.05, 3.63) is 84.4 Å². The Morgan fingerprint density at radius 3 is 1.84 bits per heavy atom. The first-order chi connectivity index (χ1) is 9.18. The van der Waals surface area contributed by atoms with Crippen LogP contribution in [0.15, 0.2) is 73.3 Å². The molecule has 0 aliphatic rings. The molecule has 0 unspecified atom stereocenters. The van der Waals surface area contributed by atoms with Crippen molar-refractivity contribution in [2.45, 2.75) is 0 Å². The Morgan fingerprint density at radius 2 is 1.37 bits per heavy atom. The van der Waals surface area contributed by atoms with E-state index in [0.717, 1.165) is 5.56 Å². The van der Waals surface area contributed by atoms with Gasteiger partial charge in [0.25, 0.3) is 0 Å². The van der Waals surface area contributed by atoms with Crippen LogP contribution in [-0.2, 0) is 4.79 Å². The Balaban J connectivity index is 2.38. The van der Waals surface area contributed by atoms with Crippen molar-refractivity contribution in [3.63, 3.8) is 0 Å². The highest BCUT2D eigenvalue weighted by molar-refractivity contribution is 6.17. The molecule has 1 N–H and O–H groups in total. The summed E-state index contributed by atoms with van der Waals surface area (Å²) in [5.41, 5.74) is 2.51. The van der Waals surface area contributed by atoms with E-state index in [4.69, 9.17) is 0 Å². The molecule has 0 spiro atoms. The van der Waals surface area contributed by atoms with Gasteiger partial charge >= 0.3 is 5.97 Å². The molecule has 0 aromatic heterocycles. The second-order valence-corrected chi connectivity index (χ2v) is 4.12. The van der Waals surface area contributed by atoms with Crippen LogP contribution in [0.4, 0.5) is 0 Å². The molecule has 2 aromatic carbocycles. The quantitative estimate of drug-likeness (QED) is 0.660. The van der Waals surface area contributed by atoms with Gasteiger partial charge in [0, 0.05) is 0 Å². The summed E-state index contributed by atoms with van der Waals surface area (Å²) in [5, 5.41) is 9.31. The van der Waals surface area contributed by atoms with Crippen molar-refractivity contribution in [2.24, 2.45) is 0 Å². The van der Waals surface area contributed by atoms with Crippen molar-refractivity contribution in [3.8, 4) is 0 Å². The number of carboxylic acids is 1. The normalized spacial score (nSPS) is 11.1. The Kier molecular flexibility index (Phi) is 3.94. The maximum atomic E-state index is 11.4. The third kappa shape index (κ3) is 3.19. The zero-order valence-electron chi connectivity index (χ0n) is 10.4. The van der Waals surface area contributed by atoms with Crippen molar-refractivity contribution in [2.75, 3.05) is 0 Å². The van der Waals surface area contributed by atoms with Gasteiger partial charge < -0.3 is 5.11 Å². The fraction of sp³-hybridized carbons (Fsp3) is 0. The van der Waals surface area contributed by atoms with Gasteiger partial charge in [0.05, 0.1) is 5.57 Å². The summed E-state index contributed by atoms with van der Waals surface area (Å²) >= 11 is 0. The molecule has 0 atom stereocenters. The van der Waals surface area contributed by atoms with Gasteiger partial charge in [0.15, 0.2) is 0 Å². The molecule has 2 heteroatoms. The molecular weight excluding hydrogens is 236 g/mol. The van der Waals surface area contributed by atoms with Crippen LogP contribution in [0.1, 0.15) is 11.1 Å². The van der Waals surface area contributed by atoms with E-state index in [9.17, 15) is 9.90 Å². The predicted octanol–water partition coefficient (Wildman–Crippen LogP) is 3.87. The average molecular weight is 250 g/mol. The summed E-state index contributed by atoms with van der Waals surface area (Å²) < 4.78 is 0. The first-order valence-corrected chi connectivity index (χ1v) is 5.93. The van der Waals surface area contributed by atoms with Gasteiger partial charge in [-0.3, -0.25) is 0 Å². The molecule has 2 aromatic rings. The molecule has 0 aliphatic carbocycles. The number of rotatable bonds is 4. The monoisotopic (exact) mass is 250 g/mol. The second kappa shape index (κ2) is 5.83. The Bertz CT molecular complexity index is 610. The van der Waals surface area contributed by atoms with Crippen LogP contribution in [0.5, 0.6) is 0 Å². The molecule has 0 radical (unpaired) electrons. The maximum Gasteiger partial charge on any atom is 0.336 e. The molecule has 19 heavy (non-hydrogen) atoms. The van der Waals surface area contributed by atoms with E-state index in [0.29, 0.717) is 11.1 Å². The summed E-state index contributed by atoms with van der Waals surface area (Å²) in [5.74, 6) is -0.955. The van der Waals surface area contributed by atoms with Crippen LogP contribution >= 0.6 is 0 Å². The first kappa shape index (κ1) is 12.8. The van der Waals surface area contributed by atoms with Gasteiger partial charge in [-0.25, -0.2) is 4.79 Å². The van der Waals surface area contributed by atoms with Crippen LogP contribution in [0, 0.1) is 0 Å². The number of allylic oxidation sites excluding steroid dienone is 2. The summed E-state index contributed by atoms with van der Waals surface area (Å²) in [6.45, 7) is 3.93. The minimum absolute atomic E-state index is 0.245. The highest BCUT2D eigenvalue weighted by Gasteiger charge is 2.10. The molecule has 2 nitrogen and oxygen atoms in total. The Morgan fingerprint density at radius 1 is 0.895 bits per heavy atom. The summed E-state index contributed by atoms with van der Waals surface area (Å²) in [4.78, 5) is 11.4. The molecule has 0 amide bonds. The predicted molar refractivity (Wildman–Crippen MR) is 77.5 cm³/mol. The molecule has 2 rings (SSSR count). The van der Waals surface area contributed by atoms with E-state index in [1.54, 1.807) is 18.2 Å². The lowest BCUT2D eigenvalue weighted by atomic mass is 10.00. The highest BCUT2D eigenvalue weighted by atomic mass is 16.4. The van der Waals surface area contributed by atoms with E-state index < -0.39 is 5.97 Å². The average Bonchev–Trinajstić information content (AvgIpc) is 2.46. The fourth-order valence-electron chi connectivity index (χ4n) is 1.80. The highest BCUT2D eigenvalue weighted by Crippen LogP contribution is 2.21. The smallest absolute Gasteiger partial charge is 0.336 e. The molecule has 0 saturated heterocycles. The number of carboxylic acid groups (broad SMARTS) is 1. The zero-order valence-corrected chi connectivity index (χ0v) is 10.4. The number of carbonyl (C=O) groups is 1. The van der Waals surface area contributed by atoms with Crippen molar-refractivity contribution >= 4 is 17.1 Å². The van der Waals surface area contributed by atoms with Crippen LogP contribution in [0.2, 0.25) is 0 Å². The van der Waals surface area contributed by atoms with Gasteiger partial charge in [0.2, 0.25) is 0 Å². The first-order valence-electron chi connectivity index (χ1n) is 5.93. The maximum absolute atomic E-state index is 11.4. The number of aliphatic carboxylic acids is 1. The second-order valence-electron chi connectivity index (χ2n) is 4.12. The van der Waals surface area contributed by atoms with E-state index in [2.05, 4.69) is 6.58 Å². The largest absolute Gasteiger partial charge is 0.478 e. The van der Waals surface area contributed by atoms with E-state index in [1.165, 1.54) is 0 Å². The van der Waals surface area contributed by atoms with Crippen LogP contribution in [0.25, 0.3) is 11.1 Å². The number of hydrogen-bond donors (Lipinski definition) is 1. The Hall–Kier alpha value is -2.61. The zero-order chi connectivity index (χ0) is 13.7. The van der Waals surface area contributed by atoms with E-state index >= 15 is 0 Å². The van der Waals surface area contributed by atoms with E-state index in [1.807, 2.05) is 48.5 Å². The molecule has 0 heterocycles. The lowest BCUT2D eigenvalue weighted by molar-refractivity contribution is -0.130. The Labute approximate surface area is 112 Å². The molecular formula is C17H14O2. The molecule has 0 fully saturated rings. The van der Waals surface area contributed by atoms with Crippen LogP contribution in [-0.4, -0.2) is 11.1 Å². The van der Waals surface area contributed by atoms with Crippen molar-refractivity contribution < 1.29 is 9.90 Å². The SMILES string of the molecule is C=C(C=C(C(=O)O)c1ccccc1)c1ccccc1. The van der Waals surface area contributed by atoms with Crippen molar-refractivity contribution in [1.82, 2.24) is 0 Å². The van der Waals surface area contributed by atoms with Crippen LogP contribution < -0.4 is 0 Å². The van der Waals surface area contributed by atoms with Gasteiger partial charge in [0.1, 0.15) is 0 Å². The van der Waals surface area contributed by atoms with Gasteiger partial charge in [-0.05, 0) is 22.8 Å². The summed E-state index contributed by atoms with van der Waals surface area (Å²) in [7, 11) is 0. The summed E-state index contributed by atoms with van der Waals surface area (Å²) in [6.07, 6.45) is 1.60. The third-order valence-electron chi connectivity index (χ3n) is 2.78. The minimum Gasteiger partial charge on any atom is -0.478 e. The van der Waals surface area contributed by atoms with Crippen LogP contribution in [0.3, 0.4) is 0 Å². The summed E-state index contributed by atoms with van der Waals surface area (Å²) in [6, 6.07) is 18.6. The molecule has 0 aliphatic heterocycles. The lowest BCUT2D eigenvalue weighted by Crippen LogP contribution is -2.00. The molecule has 0 bridgehead atoms. The lowest BCUT2D eigenvalue weighted by Gasteiger charge is -2.05. The van der Waals surface area contributed by atoms with Gasteiger partial charge in [-0.2, -0.15) is 0 Å². The van der Waals surface area contributed by atoms with Gasteiger partial charge in [-0.15, -0.1) is 0 Å². The fourth-order valence-corrected chi connectivity index (χ4v) is 1.80. The number of benzene rings is 2. The minimum atomic E-state index is -0.955. The third-order valence-corrected chi connectivity index (χ3v) is 2.78. The van der Waals surface area contributed by atoms with Gasteiger partial charge in [-0.1, -0.05) is 67.2 Å². The standard InChI is InChI=1S/C17H14O2/c1-13(14-8-4-2-5-9-14)12-16(17(18)19)15-10-6-3-7-11-15/h2-12H,1H2,(H,18,19). The molecule has 94 valence electrons. The topological polar surface area (TPSA) is 37.3 Å². The molecule has 0 saturated carbocycles. The van der Waals surface area contributed by atoms with Crippen molar-refractivity contribution in [1.29, 1.82) is 0 Å².